The Balaban J connectivity index is 1.40. The SMILES string of the molecule is Cc1cc(C23CC4CC(CC(C4)C2)C3)ccc1NC(=O)c1cc(N)ccc1Cl. The summed E-state index contributed by atoms with van der Waals surface area (Å²) in [6, 6.07) is 11.6. The molecular formula is C24H27ClN2O. The van der Waals surface area contributed by atoms with Crippen molar-refractivity contribution in [3.05, 3.63) is 58.1 Å². The summed E-state index contributed by atoms with van der Waals surface area (Å²) in [7, 11) is 0. The van der Waals surface area contributed by atoms with E-state index in [4.69, 9.17) is 17.3 Å². The molecule has 4 aliphatic carbocycles. The van der Waals surface area contributed by atoms with Crippen molar-refractivity contribution in [1.82, 2.24) is 0 Å². The third-order valence-corrected chi connectivity index (χ3v) is 7.69. The minimum atomic E-state index is -0.219. The molecule has 6 rings (SSSR count). The van der Waals surface area contributed by atoms with E-state index in [2.05, 4.69) is 30.4 Å². The second-order valence-electron chi connectivity index (χ2n) is 9.42. The molecular weight excluding hydrogens is 368 g/mol. The molecule has 0 heterocycles. The highest BCUT2D eigenvalue weighted by Gasteiger charge is 2.51. The first kappa shape index (κ1) is 18.1. The molecule has 2 aromatic rings. The number of rotatable bonds is 3. The zero-order valence-electron chi connectivity index (χ0n) is 16.3. The van der Waals surface area contributed by atoms with Gasteiger partial charge in [-0.1, -0.05) is 23.7 Å². The average Bonchev–Trinajstić information content (AvgIpc) is 2.64. The van der Waals surface area contributed by atoms with E-state index in [-0.39, 0.29) is 5.91 Å². The van der Waals surface area contributed by atoms with E-state index < -0.39 is 0 Å². The molecule has 4 fully saturated rings. The second kappa shape index (κ2) is 6.52. The van der Waals surface area contributed by atoms with Gasteiger partial charge in [-0.25, -0.2) is 0 Å². The summed E-state index contributed by atoms with van der Waals surface area (Å²) in [5, 5.41) is 3.43. The van der Waals surface area contributed by atoms with Crippen LogP contribution in [0.2, 0.25) is 5.02 Å². The number of carbonyl (C=O) groups excluding carboxylic acids is 1. The van der Waals surface area contributed by atoms with Gasteiger partial charge < -0.3 is 11.1 Å². The van der Waals surface area contributed by atoms with Crippen molar-refractivity contribution in [2.45, 2.75) is 50.9 Å². The lowest BCUT2D eigenvalue weighted by atomic mass is 9.48. The zero-order valence-corrected chi connectivity index (χ0v) is 17.1. The molecule has 4 saturated carbocycles. The molecule has 28 heavy (non-hydrogen) atoms. The van der Waals surface area contributed by atoms with E-state index in [1.165, 1.54) is 44.1 Å². The number of nitrogens with one attached hydrogen (secondary N) is 1. The predicted octanol–water partition coefficient (Wildman–Crippen LogP) is 5.95. The molecule has 0 atom stereocenters. The lowest BCUT2D eigenvalue weighted by Gasteiger charge is -2.57. The quantitative estimate of drug-likeness (QED) is 0.632. The summed E-state index contributed by atoms with van der Waals surface area (Å²) in [6.45, 7) is 2.08. The van der Waals surface area contributed by atoms with Crippen molar-refractivity contribution in [2.24, 2.45) is 17.8 Å². The Morgan fingerprint density at radius 3 is 2.29 bits per heavy atom. The zero-order chi connectivity index (χ0) is 19.5. The van der Waals surface area contributed by atoms with Crippen LogP contribution in [0.15, 0.2) is 36.4 Å². The molecule has 3 nitrogen and oxygen atoms in total. The molecule has 0 saturated heterocycles. The second-order valence-corrected chi connectivity index (χ2v) is 9.83. The topological polar surface area (TPSA) is 55.1 Å². The van der Waals surface area contributed by atoms with Crippen LogP contribution in [0, 0.1) is 24.7 Å². The maximum Gasteiger partial charge on any atom is 0.257 e. The molecule has 4 bridgehead atoms. The highest BCUT2D eigenvalue weighted by molar-refractivity contribution is 6.34. The van der Waals surface area contributed by atoms with Gasteiger partial charge in [-0.2, -0.15) is 0 Å². The number of nitrogen functional groups attached to an aromatic ring is 1. The molecule has 0 radical (unpaired) electrons. The summed E-state index contributed by atoms with van der Waals surface area (Å²) < 4.78 is 0. The van der Waals surface area contributed by atoms with Crippen molar-refractivity contribution in [1.29, 1.82) is 0 Å². The van der Waals surface area contributed by atoms with E-state index in [1.54, 1.807) is 18.2 Å². The first-order valence-corrected chi connectivity index (χ1v) is 10.8. The lowest BCUT2D eigenvalue weighted by Crippen LogP contribution is -2.48. The van der Waals surface area contributed by atoms with E-state index in [1.807, 2.05) is 0 Å². The Bertz CT molecular complexity index is 916. The number of benzene rings is 2. The number of anilines is 2. The fourth-order valence-corrected chi connectivity index (χ4v) is 6.71. The van der Waals surface area contributed by atoms with E-state index in [0.29, 0.717) is 21.7 Å². The van der Waals surface area contributed by atoms with Crippen LogP contribution in [0.5, 0.6) is 0 Å². The number of hydrogen-bond acceptors (Lipinski definition) is 2. The van der Waals surface area contributed by atoms with Crippen molar-refractivity contribution >= 4 is 28.9 Å². The Kier molecular flexibility index (Phi) is 4.20. The average molecular weight is 395 g/mol. The Hall–Kier alpha value is -2.00. The van der Waals surface area contributed by atoms with Gasteiger partial charge in [0.1, 0.15) is 0 Å². The molecule has 0 unspecified atom stereocenters. The van der Waals surface area contributed by atoms with Crippen LogP contribution in [0.3, 0.4) is 0 Å². The standard InChI is InChI=1S/C24H27ClN2O/c1-14-6-18(24-11-15-7-16(12-24)9-17(8-15)13-24)2-5-22(14)27-23(28)20-10-19(26)3-4-21(20)25/h2-6,10,15-17H,7-9,11-13,26H2,1H3,(H,27,28). The first-order chi connectivity index (χ1) is 13.4. The van der Waals surface area contributed by atoms with E-state index in [0.717, 1.165) is 29.0 Å². The van der Waals surface area contributed by atoms with Crippen molar-refractivity contribution in [3.8, 4) is 0 Å². The van der Waals surface area contributed by atoms with Crippen LogP contribution >= 0.6 is 11.6 Å². The fraction of sp³-hybridized carbons (Fsp3) is 0.458. The molecule has 4 aliphatic rings. The van der Waals surface area contributed by atoms with Gasteiger partial charge in [0.15, 0.2) is 0 Å². The number of hydrogen-bond donors (Lipinski definition) is 2. The molecule has 1 amide bonds. The summed E-state index contributed by atoms with van der Waals surface area (Å²) in [5.41, 5.74) is 10.6. The molecule has 0 aliphatic heterocycles. The minimum Gasteiger partial charge on any atom is -0.399 e. The smallest absolute Gasteiger partial charge is 0.257 e. The summed E-state index contributed by atoms with van der Waals surface area (Å²) in [4.78, 5) is 12.7. The number of halogens is 1. The van der Waals surface area contributed by atoms with Crippen molar-refractivity contribution < 1.29 is 4.79 Å². The fourth-order valence-electron chi connectivity index (χ4n) is 6.50. The molecule has 3 N–H and O–H groups in total. The van der Waals surface area contributed by atoms with Crippen molar-refractivity contribution in [3.63, 3.8) is 0 Å². The van der Waals surface area contributed by atoms with Crippen LogP contribution in [0.4, 0.5) is 11.4 Å². The van der Waals surface area contributed by atoms with Gasteiger partial charge in [0.25, 0.3) is 5.91 Å². The number of aryl methyl sites for hydroxylation is 1. The normalized spacial score (nSPS) is 30.4. The first-order valence-electron chi connectivity index (χ1n) is 10.4. The summed E-state index contributed by atoms with van der Waals surface area (Å²) >= 11 is 6.18. The lowest BCUT2D eigenvalue weighted by molar-refractivity contribution is -0.00520. The summed E-state index contributed by atoms with van der Waals surface area (Å²) in [6.07, 6.45) is 8.41. The van der Waals surface area contributed by atoms with Crippen LogP contribution < -0.4 is 11.1 Å². The largest absolute Gasteiger partial charge is 0.399 e. The van der Waals surface area contributed by atoms with Gasteiger partial charge in [-0.3, -0.25) is 4.79 Å². The van der Waals surface area contributed by atoms with Gasteiger partial charge in [0, 0.05) is 11.4 Å². The van der Waals surface area contributed by atoms with Gasteiger partial charge in [0.05, 0.1) is 10.6 Å². The highest BCUT2D eigenvalue weighted by atomic mass is 35.5. The van der Waals surface area contributed by atoms with Gasteiger partial charge >= 0.3 is 0 Å². The third-order valence-electron chi connectivity index (χ3n) is 7.36. The molecule has 2 aromatic carbocycles. The minimum absolute atomic E-state index is 0.219. The van der Waals surface area contributed by atoms with Crippen molar-refractivity contribution in [2.75, 3.05) is 11.1 Å². The van der Waals surface area contributed by atoms with E-state index in [9.17, 15) is 4.79 Å². The highest BCUT2D eigenvalue weighted by Crippen LogP contribution is 2.60. The number of nitrogens with two attached hydrogens (primary N) is 1. The van der Waals surface area contributed by atoms with Gasteiger partial charge in [-0.15, -0.1) is 0 Å². The van der Waals surface area contributed by atoms with Crippen LogP contribution in [0.1, 0.15) is 60.0 Å². The number of carbonyl (C=O) groups is 1. The van der Waals surface area contributed by atoms with Crippen LogP contribution in [-0.2, 0) is 5.41 Å². The summed E-state index contributed by atoms with van der Waals surface area (Å²) in [5.74, 6) is 2.56. The van der Waals surface area contributed by atoms with E-state index >= 15 is 0 Å². The van der Waals surface area contributed by atoms with Crippen LogP contribution in [0.25, 0.3) is 0 Å². The Labute approximate surface area is 171 Å². The predicted molar refractivity (Wildman–Crippen MR) is 115 cm³/mol. The van der Waals surface area contributed by atoms with Gasteiger partial charge in [-0.05, 0) is 104 Å². The Morgan fingerprint density at radius 1 is 1.04 bits per heavy atom. The molecule has 146 valence electrons. The van der Waals surface area contributed by atoms with Gasteiger partial charge in [0.2, 0.25) is 0 Å². The Morgan fingerprint density at radius 2 is 1.68 bits per heavy atom. The maximum atomic E-state index is 12.7. The van der Waals surface area contributed by atoms with Crippen LogP contribution in [-0.4, -0.2) is 5.91 Å². The third kappa shape index (κ3) is 3.00. The molecule has 4 heteroatoms. The maximum absolute atomic E-state index is 12.7. The number of amides is 1. The monoisotopic (exact) mass is 394 g/mol. The molecule has 0 aromatic heterocycles. The molecule has 0 spiro atoms.